The van der Waals surface area contributed by atoms with Gasteiger partial charge in [0.1, 0.15) is 5.75 Å². The van der Waals surface area contributed by atoms with Gasteiger partial charge in [0.15, 0.2) is 0 Å². The van der Waals surface area contributed by atoms with Gasteiger partial charge in [0, 0.05) is 11.6 Å². The Bertz CT molecular complexity index is 354. The van der Waals surface area contributed by atoms with E-state index < -0.39 is 0 Å². The molecule has 0 spiro atoms. The Morgan fingerprint density at radius 3 is 3.19 bits per heavy atom. The Kier molecular flexibility index (Phi) is 4.13. The number of hydrogen-bond donors (Lipinski definition) is 1. The number of ether oxygens (including phenoxy) is 1. The number of benzene rings is 1. The van der Waals surface area contributed by atoms with Crippen molar-refractivity contribution in [2.24, 2.45) is 5.73 Å². The van der Waals surface area contributed by atoms with Gasteiger partial charge in [-0.2, -0.15) is 11.8 Å². The van der Waals surface area contributed by atoms with Crippen molar-refractivity contribution in [1.82, 2.24) is 0 Å². The van der Waals surface area contributed by atoms with Crippen LogP contribution in [-0.2, 0) is 6.42 Å². The van der Waals surface area contributed by atoms with Gasteiger partial charge in [-0.15, -0.1) is 0 Å². The first-order valence-corrected chi connectivity index (χ1v) is 7.21. The van der Waals surface area contributed by atoms with E-state index in [1.807, 2.05) is 11.8 Å². The van der Waals surface area contributed by atoms with Crippen molar-refractivity contribution in [3.63, 3.8) is 0 Å². The first kappa shape index (κ1) is 11.8. The van der Waals surface area contributed by atoms with Gasteiger partial charge in [0.25, 0.3) is 0 Å². The molecule has 2 N–H and O–H groups in total. The van der Waals surface area contributed by atoms with Crippen molar-refractivity contribution in [1.29, 1.82) is 0 Å². The van der Waals surface area contributed by atoms with Gasteiger partial charge in [-0.25, -0.2) is 0 Å². The molecule has 1 unspecified atom stereocenters. The van der Waals surface area contributed by atoms with E-state index in [4.69, 9.17) is 10.5 Å². The number of hydrogen-bond acceptors (Lipinski definition) is 3. The summed E-state index contributed by atoms with van der Waals surface area (Å²) in [5.41, 5.74) is 8.72. The second-order valence-corrected chi connectivity index (χ2v) is 5.16. The third-order valence-corrected chi connectivity index (χ3v) is 3.64. The van der Waals surface area contributed by atoms with Crippen LogP contribution >= 0.6 is 11.8 Å². The summed E-state index contributed by atoms with van der Waals surface area (Å²) in [6.07, 6.45) is 5.37. The summed E-state index contributed by atoms with van der Waals surface area (Å²) >= 11 is 1.84. The van der Waals surface area contributed by atoms with Crippen molar-refractivity contribution in [3.8, 4) is 5.75 Å². The van der Waals surface area contributed by atoms with Crippen molar-refractivity contribution < 1.29 is 4.74 Å². The molecule has 16 heavy (non-hydrogen) atoms. The summed E-state index contributed by atoms with van der Waals surface area (Å²) in [5, 5.41) is 0. The molecule has 2 nitrogen and oxygen atoms in total. The first-order chi connectivity index (χ1) is 7.83. The number of aryl methyl sites for hydroxylation is 1. The molecule has 0 saturated heterocycles. The monoisotopic (exact) mass is 237 g/mol. The van der Waals surface area contributed by atoms with Crippen molar-refractivity contribution >= 4 is 11.8 Å². The highest BCUT2D eigenvalue weighted by Crippen LogP contribution is 2.33. The molecule has 1 aromatic carbocycles. The highest BCUT2D eigenvalue weighted by atomic mass is 32.2. The Morgan fingerprint density at radius 2 is 2.38 bits per heavy atom. The fourth-order valence-corrected chi connectivity index (χ4v) is 2.60. The highest BCUT2D eigenvalue weighted by Gasteiger charge is 2.17. The van der Waals surface area contributed by atoms with E-state index >= 15 is 0 Å². The zero-order valence-corrected chi connectivity index (χ0v) is 10.6. The van der Waals surface area contributed by atoms with E-state index in [0.29, 0.717) is 0 Å². The zero-order valence-electron chi connectivity index (χ0n) is 9.74. The quantitative estimate of drug-likeness (QED) is 0.874. The molecule has 1 aliphatic rings. The first-order valence-electron chi connectivity index (χ1n) is 5.82. The van der Waals surface area contributed by atoms with E-state index in [-0.39, 0.29) is 6.04 Å². The van der Waals surface area contributed by atoms with Gasteiger partial charge in [-0.1, -0.05) is 18.2 Å². The summed E-state index contributed by atoms with van der Waals surface area (Å²) in [4.78, 5) is 0. The minimum Gasteiger partial charge on any atom is -0.493 e. The van der Waals surface area contributed by atoms with Gasteiger partial charge >= 0.3 is 0 Å². The molecule has 0 bridgehead atoms. The van der Waals surface area contributed by atoms with Crippen LogP contribution < -0.4 is 10.5 Å². The summed E-state index contributed by atoms with van der Waals surface area (Å²) in [6.45, 7) is 0.833. The van der Waals surface area contributed by atoms with Gasteiger partial charge in [0.2, 0.25) is 0 Å². The van der Waals surface area contributed by atoms with Crippen LogP contribution in [0.2, 0.25) is 0 Å². The largest absolute Gasteiger partial charge is 0.493 e. The predicted molar refractivity (Wildman–Crippen MR) is 70.2 cm³/mol. The third-order valence-electron chi connectivity index (χ3n) is 3.00. The number of nitrogens with two attached hydrogens (primary N) is 1. The van der Waals surface area contributed by atoms with Crippen LogP contribution in [0.3, 0.4) is 0 Å². The van der Waals surface area contributed by atoms with Crippen LogP contribution in [0.5, 0.6) is 5.75 Å². The van der Waals surface area contributed by atoms with Crippen molar-refractivity contribution in [3.05, 3.63) is 29.3 Å². The van der Waals surface area contributed by atoms with Crippen LogP contribution in [0.4, 0.5) is 0 Å². The summed E-state index contributed by atoms with van der Waals surface area (Å²) in [7, 11) is 0. The Balaban J connectivity index is 2.19. The lowest BCUT2D eigenvalue weighted by molar-refractivity contribution is 0.283. The fourth-order valence-electron chi connectivity index (χ4n) is 2.11. The third kappa shape index (κ3) is 2.53. The molecule has 1 atom stereocenters. The Hall–Kier alpha value is -0.670. The van der Waals surface area contributed by atoms with Crippen LogP contribution in [0.25, 0.3) is 0 Å². The van der Waals surface area contributed by atoms with Crippen LogP contribution in [0.15, 0.2) is 18.2 Å². The van der Waals surface area contributed by atoms with E-state index in [1.165, 1.54) is 11.1 Å². The number of fused-ring (bicyclic) bond motifs is 1. The van der Waals surface area contributed by atoms with Gasteiger partial charge < -0.3 is 10.5 Å². The molecule has 1 aromatic rings. The SMILES string of the molecule is CSCCC(N)c1cccc2c1OCCC2. The van der Waals surface area contributed by atoms with E-state index in [2.05, 4.69) is 24.5 Å². The molecule has 3 heteroatoms. The minimum atomic E-state index is 0.112. The second kappa shape index (κ2) is 5.60. The van der Waals surface area contributed by atoms with Crippen LogP contribution in [-0.4, -0.2) is 18.6 Å². The van der Waals surface area contributed by atoms with Gasteiger partial charge in [-0.05, 0) is 36.8 Å². The standard InChI is InChI=1S/C13H19NOS/c1-16-9-7-12(14)11-6-2-4-10-5-3-8-15-13(10)11/h2,4,6,12H,3,5,7-9,14H2,1H3. The van der Waals surface area contributed by atoms with Crippen molar-refractivity contribution in [2.75, 3.05) is 18.6 Å². The molecule has 1 aliphatic heterocycles. The molecule has 1 heterocycles. The van der Waals surface area contributed by atoms with E-state index in [0.717, 1.165) is 37.4 Å². The topological polar surface area (TPSA) is 35.2 Å². The lowest BCUT2D eigenvalue weighted by Crippen LogP contribution is -2.16. The Morgan fingerprint density at radius 1 is 1.50 bits per heavy atom. The molecule has 0 aliphatic carbocycles. The molecular weight excluding hydrogens is 218 g/mol. The van der Waals surface area contributed by atoms with Crippen molar-refractivity contribution in [2.45, 2.75) is 25.3 Å². The highest BCUT2D eigenvalue weighted by molar-refractivity contribution is 7.98. The zero-order chi connectivity index (χ0) is 11.4. The van der Waals surface area contributed by atoms with Crippen LogP contribution in [0, 0.1) is 0 Å². The minimum absolute atomic E-state index is 0.112. The molecule has 0 saturated carbocycles. The maximum absolute atomic E-state index is 6.21. The normalized spacial score (nSPS) is 16.4. The average Bonchev–Trinajstić information content (AvgIpc) is 2.35. The smallest absolute Gasteiger partial charge is 0.127 e. The Labute approximate surface area is 102 Å². The second-order valence-electron chi connectivity index (χ2n) is 4.18. The summed E-state index contributed by atoms with van der Waals surface area (Å²) in [5.74, 6) is 2.16. The molecular formula is C13H19NOS. The molecule has 2 rings (SSSR count). The predicted octanol–water partition coefficient (Wildman–Crippen LogP) is 2.76. The molecule has 88 valence electrons. The maximum atomic E-state index is 6.21. The molecule has 0 radical (unpaired) electrons. The number of para-hydroxylation sites is 1. The number of thioether (sulfide) groups is 1. The summed E-state index contributed by atoms with van der Waals surface area (Å²) < 4.78 is 5.77. The van der Waals surface area contributed by atoms with E-state index in [1.54, 1.807) is 0 Å². The van der Waals surface area contributed by atoms with E-state index in [9.17, 15) is 0 Å². The van der Waals surface area contributed by atoms with Crippen LogP contribution in [0.1, 0.15) is 30.0 Å². The van der Waals surface area contributed by atoms with Gasteiger partial charge in [0.05, 0.1) is 6.61 Å². The maximum Gasteiger partial charge on any atom is 0.127 e. The number of rotatable bonds is 4. The lowest BCUT2D eigenvalue weighted by atomic mass is 9.97. The molecule has 0 fully saturated rings. The average molecular weight is 237 g/mol. The lowest BCUT2D eigenvalue weighted by Gasteiger charge is -2.23. The molecule has 0 amide bonds. The fraction of sp³-hybridized carbons (Fsp3) is 0.538. The molecule has 0 aromatic heterocycles. The van der Waals surface area contributed by atoms with Gasteiger partial charge in [-0.3, -0.25) is 0 Å². The summed E-state index contributed by atoms with van der Waals surface area (Å²) in [6, 6.07) is 6.47.